The summed E-state index contributed by atoms with van der Waals surface area (Å²) in [5.41, 5.74) is 9.86. The van der Waals surface area contributed by atoms with Crippen LogP contribution >= 0.6 is 0 Å². The number of aliphatic carboxylic acids is 1. The molecule has 102 valence electrons. The first-order chi connectivity index (χ1) is 8.91. The second-order valence-corrected chi connectivity index (χ2v) is 4.61. The van der Waals surface area contributed by atoms with Gasteiger partial charge < -0.3 is 5.11 Å². The Morgan fingerprint density at radius 1 is 1.47 bits per heavy atom. The van der Waals surface area contributed by atoms with Crippen molar-refractivity contribution >= 4 is 5.97 Å². The molecule has 1 aromatic rings. The number of carbonyl (C=O) groups is 1. The monoisotopic (exact) mass is 262 g/mol. The first-order valence-corrected chi connectivity index (χ1v) is 5.99. The van der Waals surface area contributed by atoms with E-state index in [2.05, 4.69) is 15.3 Å². The van der Waals surface area contributed by atoms with Crippen LogP contribution in [0, 0.1) is 13.8 Å². The predicted octanol–water partition coefficient (Wildman–Crippen LogP) is 2.50. The first kappa shape index (κ1) is 15.0. The highest BCUT2D eigenvalue weighted by Crippen LogP contribution is 2.23. The highest BCUT2D eigenvalue weighted by Gasteiger charge is 2.34. The minimum Gasteiger partial charge on any atom is -0.480 e. The van der Waals surface area contributed by atoms with Crippen molar-refractivity contribution in [3.05, 3.63) is 45.3 Å². The van der Waals surface area contributed by atoms with E-state index in [4.69, 9.17) is 5.53 Å². The van der Waals surface area contributed by atoms with Crippen molar-refractivity contribution < 1.29 is 9.90 Å². The maximum Gasteiger partial charge on any atom is 0.328 e. The van der Waals surface area contributed by atoms with Crippen LogP contribution in [0.4, 0.5) is 0 Å². The Bertz CT molecular complexity index is 523. The van der Waals surface area contributed by atoms with Gasteiger partial charge in [-0.3, -0.25) is 5.32 Å². The van der Waals surface area contributed by atoms with E-state index in [-0.39, 0.29) is 6.54 Å². The van der Waals surface area contributed by atoms with Crippen LogP contribution in [0.5, 0.6) is 0 Å². The summed E-state index contributed by atoms with van der Waals surface area (Å²) in [6.07, 6.45) is 0. The average Bonchev–Trinajstić information content (AvgIpc) is 2.37. The van der Waals surface area contributed by atoms with Gasteiger partial charge in [-0.2, -0.15) is 0 Å². The molecule has 1 unspecified atom stereocenters. The third-order valence-corrected chi connectivity index (χ3v) is 3.27. The third kappa shape index (κ3) is 3.47. The Hall–Kier alpha value is -2.04. The van der Waals surface area contributed by atoms with Crippen LogP contribution in [-0.2, 0) is 10.3 Å². The van der Waals surface area contributed by atoms with E-state index >= 15 is 0 Å². The van der Waals surface area contributed by atoms with Gasteiger partial charge in [0, 0.05) is 18.0 Å². The van der Waals surface area contributed by atoms with E-state index in [1.165, 1.54) is 0 Å². The van der Waals surface area contributed by atoms with Crippen LogP contribution in [0.3, 0.4) is 0 Å². The number of hydrogen-bond donors (Lipinski definition) is 2. The predicted molar refractivity (Wildman–Crippen MR) is 72.9 cm³/mol. The van der Waals surface area contributed by atoms with Crippen molar-refractivity contribution in [2.45, 2.75) is 26.3 Å². The smallest absolute Gasteiger partial charge is 0.328 e. The van der Waals surface area contributed by atoms with Crippen molar-refractivity contribution in [1.29, 1.82) is 0 Å². The number of nitrogens with zero attached hydrogens (tertiary/aromatic N) is 3. The summed E-state index contributed by atoms with van der Waals surface area (Å²) in [6.45, 7) is 6.05. The average molecular weight is 262 g/mol. The van der Waals surface area contributed by atoms with Crippen LogP contribution in [0.1, 0.15) is 23.6 Å². The van der Waals surface area contributed by atoms with E-state index in [0.717, 1.165) is 11.1 Å². The van der Waals surface area contributed by atoms with Gasteiger partial charge in [0.1, 0.15) is 5.54 Å². The van der Waals surface area contributed by atoms with Gasteiger partial charge in [0.15, 0.2) is 0 Å². The van der Waals surface area contributed by atoms with E-state index < -0.39 is 11.5 Å². The molecule has 0 heterocycles. The molecule has 6 nitrogen and oxygen atoms in total. The van der Waals surface area contributed by atoms with Gasteiger partial charge in [-0.25, -0.2) is 4.79 Å². The highest BCUT2D eigenvalue weighted by atomic mass is 16.4. The lowest BCUT2D eigenvalue weighted by Crippen LogP contribution is -2.47. The lowest BCUT2D eigenvalue weighted by atomic mass is 9.89. The van der Waals surface area contributed by atoms with Crippen LogP contribution in [0.15, 0.2) is 23.3 Å². The Morgan fingerprint density at radius 3 is 2.68 bits per heavy atom. The van der Waals surface area contributed by atoms with Gasteiger partial charge in [0.05, 0.1) is 0 Å². The molecule has 0 amide bonds. The summed E-state index contributed by atoms with van der Waals surface area (Å²) in [4.78, 5) is 14.2. The number of carboxylic acids is 1. The standard InChI is InChI=1S/C13H18N4O2/c1-9-4-5-11(8-10(9)2)13(3,12(18)19)15-6-7-16-17-14/h4-5,8,15H,6-7H2,1-3H3,(H,18,19). The molecule has 19 heavy (non-hydrogen) atoms. The van der Waals surface area contributed by atoms with E-state index in [1.54, 1.807) is 13.0 Å². The molecule has 1 atom stereocenters. The molecule has 1 rings (SSSR count). The zero-order chi connectivity index (χ0) is 14.5. The first-order valence-electron chi connectivity index (χ1n) is 5.99. The zero-order valence-corrected chi connectivity index (χ0v) is 11.3. The largest absolute Gasteiger partial charge is 0.480 e. The summed E-state index contributed by atoms with van der Waals surface area (Å²) >= 11 is 0. The van der Waals surface area contributed by atoms with Gasteiger partial charge >= 0.3 is 5.97 Å². The minimum absolute atomic E-state index is 0.213. The summed E-state index contributed by atoms with van der Waals surface area (Å²) in [5.74, 6) is -0.961. The van der Waals surface area contributed by atoms with Crippen molar-refractivity contribution in [3.63, 3.8) is 0 Å². The van der Waals surface area contributed by atoms with Crippen molar-refractivity contribution in [2.75, 3.05) is 13.1 Å². The quantitative estimate of drug-likeness (QED) is 0.356. The summed E-state index contributed by atoms with van der Waals surface area (Å²) in [5, 5.41) is 15.8. The number of carboxylic acid groups (broad SMARTS) is 1. The molecule has 0 aromatic heterocycles. The number of aryl methyl sites for hydroxylation is 2. The molecule has 0 saturated carbocycles. The molecule has 0 aliphatic rings. The SMILES string of the molecule is Cc1ccc(C(C)(NCCN=[N+]=[N-])C(=O)O)cc1C. The molecule has 0 radical (unpaired) electrons. The Balaban J connectivity index is 3.00. The summed E-state index contributed by atoms with van der Waals surface area (Å²) in [6, 6.07) is 5.57. The molecule has 0 saturated heterocycles. The normalized spacial score (nSPS) is 13.4. The molecular weight excluding hydrogens is 244 g/mol. The summed E-state index contributed by atoms with van der Waals surface area (Å²) < 4.78 is 0. The van der Waals surface area contributed by atoms with Crippen LogP contribution in [0.25, 0.3) is 10.4 Å². The second-order valence-electron chi connectivity index (χ2n) is 4.61. The zero-order valence-electron chi connectivity index (χ0n) is 11.3. The fraction of sp³-hybridized carbons (Fsp3) is 0.462. The van der Waals surface area contributed by atoms with Crippen molar-refractivity contribution in [2.24, 2.45) is 5.11 Å². The number of rotatable bonds is 6. The van der Waals surface area contributed by atoms with E-state index in [0.29, 0.717) is 12.1 Å². The fourth-order valence-corrected chi connectivity index (χ4v) is 1.75. The van der Waals surface area contributed by atoms with Crippen molar-refractivity contribution in [1.82, 2.24) is 5.32 Å². The van der Waals surface area contributed by atoms with E-state index in [9.17, 15) is 9.90 Å². The minimum atomic E-state index is -1.19. The van der Waals surface area contributed by atoms with Crippen LogP contribution in [-0.4, -0.2) is 24.2 Å². The van der Waals surface area contributed by atoms with Gasteiger partial charge in [-0.05, 0) is 43.0 Å². The molecule has 0 aliphatic carbocycles. The number of nitrogens with one attached hydrogen (secondary N) is 1. The molecule has 6 heteroatoms. The molecule has 0 bridgehead atoms. The fourth-order valence-electron chi connectivity index (χ4n) is 1.75. The lowest BCUT2D eigenvalue weighted by molar-refractivity contribution is -0.144. The number of benzene rings is 1. The topological polar surface area (TPSA) is 98.1 Å². The number of hydrogen-bond acceptors (Lipinski definition) is 3. The van der Waals surface area contributed by atoms with Gasteiger partial charge in [-0.1, -0.05) is 23.3 Å². The molecule has 2 N–H and O–H groups in total. The van der Waals surface area contributed by atoms with Gasteiger partial charge in [0.25, 0.3) is 0 Å². The Kier molecular flexibility index (Phi) is 4.92. The Labute approximate surface area is 112 Å². The maximum absolute atomic E-state index is 11.5. The van der Waals surface area contributed by atoms with Gasteiger partial charge in [0.2, 0.25) is 0 Å². The highest BCUT2D eigenvalue weighted by molar-refractivity contribution is 5.80. The van der Waals surface area contributed by atoms with Crippen LogP contribution in [0.2, 0.25) is 0 Å². The summed E-state index contributed by atoms with van der Waals surface area (Å²) in [7, 11) is 0. The Morgan fingerprint density at radius 2 is 2.16 bits per heavy atom. The third-order valence-electron chi connectivity index (χ3n) is 3.27. The molecule has 0 fully saturated rings. The lowest BCUT2D eigenvalue weighted by Gasteiger charge is -2.27. The molecule has 0 aliphatic heterocycles. The second kappa shape index (κ2) is 6.22. The number of azide groups is 1. The molecule has 1 aromatic carbocycles. The molecular formula is C13H18N4O2. The molecule has 0 spiro atoms. The maximum atomic E-state index is 11.5. The van der Waals surface area contributed by atoms with Gasteiger partial charge in [-0.15, -0.1) is 0 Å². The van der Waals surface area contributed by atoms with Crippen LogP contribution < -0.4 is 5.32 Å². The van der Waals surface area contributed by atoms with E-state index in [1.807, 2.05) is 26.0 Å². The van der Waals surface area contributed by atoms with Crippen molar-refractivity contribution in [3.8, 4) is 0 Å².